The molecule has 0 spiro atoms. The van der Waals surface area contributed by atoms with Gasteiger partial charge in [-0.1, -0.05) is 0 Å². The Kier molecular flexibility index (Phi) is 5.61. The van der Waals surface area contributed by atoms with Crippen molar-refractivity contribution in [2.45, 2.75) is 39.2 Å². The minimum atomic E-state index is -0.466. The molecule has 0 aliphatic carbocycles. The first-order chi connectivity index (χ1) is 10.3. The van der Waals surface area contributed by atoms with E-state index in [-0.39, 0.29) is 12.0 Å². The topological polar surface area (TPSA) is 64.5 Å². The molecule has 1 fully saturated rings. The zero-order chi connectivity index (χ0) is 16.2. The van der Waals surface area contributed by atoms with Crippen molar-refractivity contribution in [2.75, 3.05) is 19.7 Å². The highest BCUT2D eigenvalue weighted by atomic mass is 79.9. The number of rotatable bonds is 3. The van der Waals surface area contributed by atoms with Crippen LogP contribution in [0.2, 0.25) is 0 Å². The summed E-state index contributed by atoms with van der Waals surface area (Å²) in [5.74, 6) is 0.272. The molecule has 1 aromatic rings. The fourth-order valence-corrected chi connectivity index (χ4v) is 2.47. The van der Waals surface area contributed by atoms with Gasteiger partial charge in [-0.3, -0.25) is 0 Å². The van der Waals surface area contributed by atoms with E-state index in [1.54, 1.807) is 17.3 Å². The Labute approximate surface area is 139 Å². The van der Waals surface area contributed by atoms with Crippen molar-refractivity contribution in [3.63, 3.8) is 0 Å². The molecule has 1 unspecified atom stereocenters. The Bertz CT molecular complexity index is 502. The first-order valence-corrected chi connectivity index (χ1v) is 8.21. The third kappa shape index (κ3) is 5.44. The summed E-state index contributed by atoms with van der Waals surface area (Å²) < 4.78 is 11.8. The molecule has 0 radical (unpaired) electrons. The van der Waals surface area contributed by atoms with E-state index in [9.17, 15) is 4.79 Å². The van der Waals surface area contributed by atoms with E-state index >= 15 is 0 Å². The number of piperidine rings is 1. The molecule has 7 heteroatoms. The fourth-order valence-electron chi connectivity index (χ4n) is 2.26. The molecule has 22 heavy (non-hydrogen) atoms. The summed E-state index contributed by atoms with van der Waals surface area (Å²) in [5, 5.41) is 0. The van der Waals surface area contributed by atoms with Crippen molar-refractivity contribution in [1.82, 2.24) is 14.9 Å². The number of likely N-dealkylation sites (tertiary alicyclic amines) is 1. The van der Waals surface area contributed by atoms with Crippen molar-refractivity contribution in [3.05, 3.63) is 16.9 Å². The summed E-state index contributed by atoms with van der Waals surface area (Å²) in [6.45, 7) is 7.51. The molecular weight excluding hydrogens is 350 g/mol. The van der Waals surface area contributed by atoms with Crippen molar-refractivity contribution in [1.29, 1.82) is 0 Å². The maximum Gasteiger partial charge on any atom is 0.410 e. The molecule has 0 aromatic carbocycles. The van der Waals surface area contributed by atoms with Crippen LogP contribution in [0.15, 0.2) is 16.9 Å². The van der Waals surface area contributed by atoms with Gasteiger partial charge in [-0.25, -0.2) is 14.8 Å². The number of halogens is 1. The molecule has 1 aliphatic heterocycles. The number of amides is 1. The molecule has 0 bridgehead atoms. The van der Waals surface area contributed by atoms with Crippen LogP contribution in [-0.2, 0) is 4.74 Å². The Morgan fingerprint density at radius 1 is 1.41 bits per heavy atom. The minimum Gasteiger partial charge on any atom is -0.463 e. The molecule has 0 N–H and O–H groups in total. The van der Waals surface area contributed by atoms with Crippen molar-refractivity contribution in [3.8, 4) is 6.01 Å². The summed E-state index contributed by atoms with van der Waals surface area (Å²) in [5.41, 5.74) is -0.466. The van der Waals surface area contributed by atoms with E-state index in [0.29, 0.717) is 19.2 Å². The largest absolute Gasteiger partial charge is 0.463 e. The third-order valence-electron chi connectivity index (χ3n) is 3.22. The Hall–Kier alpha value is -1.37. The molecule has 1 aliphatic rings. The Morgan fingerprint density at radius 2 is 2.09 bits per heavy atom. The van der Waals surface area contributed by atoms with Crippen molar-refractivity contribution >= 4 is 22.0 Å². The van der Waals surface area contributed by atoms with Crippen LogP contribution in [0.1, 0.15) is 33.6 Å². The van der Waals surface area contributed by atoms with Gasteiger partial charge >= 0.3 is 12.1 Å². The second kappa shape index (κ2) is 7.26. The van der Waals surface area contributed by atoms with Crippen LogP contribution in [0.25, 0.3) is 0 Å². The van der Waals surface area contributed by atoms with Crippen LogP contribution in [0, 0.1) is 5.92 Å². The lowest BCUT2D eigenvalue weighted by atomic mass is 9.99. The highest BCUT2D eigenvalue weighted by Gasteiger charge is 2.28. The van der Waals surface area contributed by atoms with Crippen LogP contribution in [0.5, 0.6) is 6.01 Å². The average molecular weight is 372 g/mol. The monoisotopic (exact) mass is 371 g/mol. The van der Waals surface area contributed by atoms with Crippen molar-refractivity contribution in [2.24, 2.45) is 5.92 Å². The van der Waals surface area contributed by atoms with Crippen LogP contribution in [0.4, 0.5) is 4.79 Å². The molecule has 122 valence electrons. The van der Waals surface area contributed by atoms with Gasteiger partial charge in [-0.15, -0.1) is 0 Å². The first kappa shape index (κ1) is 17.0. The molecule has 6 nitrogen and oxygen atoms in total. The summed E-state index contributed by atoms with van der Waals surface area (Å²) >= 11 is 3.28. The minimum absolute atomic E-state index is 0.253. The van der Waals surface area contributed by atoms with Gasteiger partial charge in [-0.2, -0.15) is 0 Å². The quantitative estimate of drug-likeness (QED) is 0.815. The van der Waals surface area contributed by atoms with Crippen LogP contribution >= 0.6 is 15.9 Å². The second-order valence-corrected chi connectivity index (χ2v) is 7.35. The van der Waals surface area contributed by atoms with E-state index < -0.39 is 5.60 Å². The van der Waals surface area contributed by atoms with Crippen LogP contribution in [0.3, 0.4) is 0 Å². The first-order valence-electron chi connectivity index (χ1n) is 7.42. The lowest BCUT2D eigenvalue weighted by Crippen LogP contribution is -2.44. The normalized spacial score (nSPS) is 18.9. The number of carbonyl (C=O) groups excluding carboxylic acids is 1. The number of hydrogen-bond acceptors (Lipinski definition) is 5. The molecular formula is C15H22BrN3O3. The highest BCUT2D eigenvalue weighted by Crippen LogP contribution is 2.20. The average Bonchev–Trinajstić information content (AvgIpc) is 2.45. The lowest BCUT2D eigenvalue weighted by molar-refractivity contribution is 0.0137. The highest BCUT2D eigenvalue weighted by molar-refractivity contribution is 9.10. The smallest absolute Gasteiger partial charge is 0.410 e. The molecule has 1 aromatic heterocycles. The number of aromatic nitrogens is 2. The molecule has 1 atom stereocenters. The predicted octanol–water partition coefficient (Wildman–Crippen LogP) is 3.27. The van der Waals surface area contributed by atoms with Gasteiger partial charge in [0.1, 0.15) is 5.60 Å². The zero-order valence-corrected chi connectivity index (χ0v) is 14.8. The van der Waals surface area contributed by atoms with Gasteiger partial charge in [0.15, 0.2) is 0 Å². The van der Waals surface area contributed by atoms with Crippen LogP contribution in [-0.4, -0.2) is 46.3 Å². The van der Waals surface area contributed by atoms with Gasteiger partial charge in [0.2, 0.25) is 0 Å². The Balaban J connectivity index is 1.82. The Morgan fingerprint density at radius 3 is 2.73 bits per heavy atom. The van der Waals surface area contributed by atoms with E-state index in [0.717, 1.165) is 23.9 Å². The molecule has 1 saturated heterocycles. The molecule has 0 saturated carbocycles. The maximum absolute atomic E-state index is 12.1. The number of hydrogen-bond donors (Lipinski definition) is 0. The van der Waals surface area contributed by atoms with Crippen molar-refractivity contribution < 1.29 is 14.3 Å². The van der Waals surface area contributed by atoms with E-state index in [4.69, 9.17) is 9.47 Å². The van der Waals surface area contributed by atoms with Crippen LogP contribution < -0.4 is 4.74 Å². The summed E-state index contributed by atoms with van der Waals surface area (Å²) in [6, 6.07) is 0.359. The van der Waals surface area contributed by atoms with Gasteiger partial charge < -0.3 is 14.4 Å². The van der Waals surface area contributed by atoms with E-state index in [1.807, 2.05) is 20.8 Å². The maximum atomic E-state index is 12.1. The molecule has 2 heterocycles. The van der Waals surface area contributed by atoms with Gasteiger partial charge in [0.05, 0.1) is 11.1 Å². The molecule has 2 rings (SSSR count). The van der Waals surface area contributed by atoms with E-state index in [2.05, 4.69) is 25.9 Å². The third-order valence-corrected chi connectivity index (χ3v) is 3.62. The number of nitrogens with zero attached hydrogens (tertiary/aromatic N) is 3. The fraction of sp³-hybridized carbons (Fsp3) is 0.667. The number of ether oxygens (including phenoxy) is 2. The van der Waals surface area contributed by atoms with E-state index in [1.165, 1.54) is 0 Å². The zero-order valence-electron chi connectivity index (χ0n) is 13.2. The van der Waals surface area contributed by atoms with Gasteiger partial charge in [0.25, 0.3) is 0 Å². The predicted molar refractivity (Wildman–Crippen MR) is 85.8 cm³/mol. The summed E-state index contributed by atoms with van der Waals surface area (Å²) in [7, 11) is 0. The summed E-state index contributed by atoms with van der Waals surface area (Å²) in [6.07, 6.45) is 5.02. The lowest BCUT2D eigenvalue weighted by Gasteiger charge is -2.33. The number of carbonyl (C=O) groups is 1. The summed E-state index contributed by atoms with van der Waals surface area (Å²) in [4.78, 5) is 22.0. The molecule has 1 amide bonds. The SMILES string of the molecule is CC(C)(C)OC(=O)N1CCCC(COc2ncc(Br)cn2)C1. The van der Waals surface area contributed by atoms with Gasteiger partial charge in [-0.05, 0) is 49.5 Å². The second-order valence-electron chi connectivity index (χ2n) is 6.43. The van der Waals surface area contributed by atoms with Gasteiger partial charge in [0, 0.05) is 31.4 Å². The standard InChI is InChI=1S/C15H22BrN3O3/c1-15(2,3)22-14(20)19-6-4-5-11(9-19)10-21-13-17-7-12(16)8-18-13/h7-8,11H,4-6,9-10H2,1-3H3.